The Morgan fingerprint density at radius 1 is 1.03 bits per heavy atom. The van der Waals surface area contributed by atoms with Crippen LogP contribution in [0.1, 0.15) is 44.7 Å². The molecule has 1 saturated heterocycles. The van der Waals surface area contributed by atoms with Crippen molar-refractivity contribution in [3.8, 4) is 0 Å². The molecule has 198 valence electrons. The molecule has 0 aromatic heterocycles. The Bertz CT molecular complexity index is 1150. The number of hydrogen-bond donors (Lipinski definition) is 4. The zero-order chi connectivity index (χ0) is 27.2. The molecule has 0 unspecified atom stereocenters. The number of imide groups is 1. The summed E-state index contributed by atoms with van der Waals surface area (Å²) in [7, 11) is 1.50. The lowest BCUT2D eigenvalue weighted by atomic mass is 9.85. The van der Waals surface area contributed by atoms with Crippen molar-refractivity contribution in [2.45, 2.75) is 56.9 Å². The van der Waals surface area contributed by atoms with Crippen molar-refractivity contribution in [1.82, 2.24) is 10.2 Å². The summed E-state index contributed by atoms with van der Waals surface area (Å²) in [4.78, 5) is 52.9. The molecule has 4 N–H and O–H groups in total. The van der Waals surface area contributed by atoms with Crippen LogP contribution in [0.4, 0.5) is 11.4 Å². The molecule has 37 heavy (non-hydrogen) atoms. The third kappa shape index (κ3) is 6.69. The van der Waals surface area contributed by atoms with Crippen molar-refractivity contribution in [2.75, 3.05) is 23.6 Å². The highest BCUT2D eigenvalue weighted by Gasteiger charge is 2.51. The van der Waals surface area contributed by atoms with Crippen LogP contribution in [-0.4, -0.2) is 52.1 Å². The molecule has 0 bridgehead atoms. The minimum atomic E-state index is -1.46. The summed E-state index contributed by atoms with van der Waals surface area (Å²) in [5.41, 5.74) is 3.63. The first kappa shape index (κ1) is 28.2. The van der Waals surface area contributed by atoms with Gasteiger partial charge in [0.25, 0.3) is 0 Å². The smallest absolute Gasteiger partial charge is 0.247 e. The Morgan fingerprint density at radius 3 is 2.19 bits per heavy atom. The third-order valence-electron chi connectivity index (χ3n) is 6.23. The summed E-state index contributed by atoms with van der Waals surface area (Å²) in [5.74, 6) is -0.884. The lowest BCUT2D eigenvalue weighted by Crippen LogP contribution is -2.63. The van der Waals surface area contributed by atoms with Gasteiger partial charge in [-0.3, -0.25) is 34.8 Å². The van der Waals surface area contributed by atoms with E-state index in [1.165, 1.54) is 25.7 Å². The van der Waals surface area contributed by atoms with E-state index < -0.39 is 11.4 Å². The highest BCUT2D eigenvalue weighted by atomic mass is 32.2. The number of likely N-dealkylation sites (tertiary alicyclic amines) is 1. The molecule has 0 saturated carbocycles. The fourth-order valence-electron chi connectivity index (χ4n) is 4.58. The van der Waals surface area contributed by atoms with Gasteiger partial charge >= 0.3 is 0 Å². The van der Waals surface area contributed by atoms with E-state index in [4.69, 9.17) is 0 Å². The molecule has 1 fully saturated rings. The number of carbonyl (C=O) groups excluding carboxylic acids is 4. The van der Waals surface area contributed by atoms with Gasteiger partial charge in [-0.05, 0) is 59.9 Å². The van der Waals surface area contributed by atoms with Crippen LogP contribution < -0.4 is 16.1 Å². The number of anilines is 2. The summed E-state index contributed by atoms with van der Waals surface area (Å²) in [6, 6.07) is 12.5. The third-order valence-corrected chi connectivity index (χ3v) is 7.46. The molecule has 0 aliphatic carbocycles. The zero-order valence-corrected chi connectivity index (χ0v) is 22.4. The van der Waals surface area contributed by atoms with Gasteiger partial charge in [-0.1, -0.05) is 19.9 Å². The van der Waals surface area contributed by atoms with E-state index in [0.717, 1.165) is 20.9 Å². The molecule has 0 radical (unpaired) electrons. The van der Waals surface area contributed by atoms with Crippen LogP contribution in [0.5, 0.6) is 0 Å². The number of rotatable bonds is 11. The van der Waals surface area contributed by atoms with Crippen LogP contribution in [0.2, 0.25) is 0 Å². The standard InChI is InChI=1S/C27H34N4O5S/c1-17(2)13-20-14-22(30-36)6-5-19(20)15-27(26(35)28-4,31-24(33)11-12-25(31)34)16-37-23-9-7-21(8-10-23)29-18(3)32/h5-10,14,17,30,36H,11-13,15-16H2,1-4H3,(H,28,35)(H,29,32)/t27-/m1/s1. The van der Waals surface area contributed by atoms with E-state index in [0.29, 0.717) is 23.7 Å². The number of benzene rings is 2. The van der Waals surface area contributed by atoms with Crippen molar-refractivity contribution in [3.63, 3.8) is 0 Å². The minimum absolute atomic E-state index is 0.0693. The van der Waals surface area contributed by atoms with E-state index >= 15 is 0 Å². The van der Waals surface area contributed by atoms with Gasteiger partial charge in [0.2, 0.25) is 23.6 Å². The van der Waals surface area contributed by atoms with E-state index in [1.54, 1.807) is 18.2 Å². The van der Waals surface area contributed by atoms with Crippen molar-refractivity contribution >= 4 is 46.8 Å². The number of hydrogen-bond acceptors (Lipinski definition) is 7. The Labute approximate surface area is 221 Å². The Hall–Kier alpha value is -3.37. The monoisotopic (exact) mass is 526 g/mol. The summed E-state index contributed by atoms with van der Waals surface area (Å²) in [6.07, 6.45) is 0.961. The Kier molecular flexibility index (Phi) is 9.34. The van der Waals surface area contributed by atoms with Crippen LogP contribution in [0.3, 0.4) is 0 Å². The molecule has 10 heteroatoms. The largest absolute Gasteiger partial charge is 0.357 e. The van der Waals surface area contributed by atoms with Crippen LogP contribution in [0.25, 0.3) is 0 Å². The number of likely N-dealkylation sites (N-methyl/N-ethyl adjacent to an activating group) is 1. The van der Waals surface area contributed by atoms with E-state index in [1.807, 2.05) is 24.3 Å². The minimum Gasteiger partial charge on any atom is -0.357 e. The van der Waals surface area contributed by atoms with Gasteiger partial charge in [0.1, 0.15) is 5.54 Å². The van der Waals surface area contributed by atoms with E-state index in [-0.39, 0.29) is 42.7 Å². The maximum absolute atomic E-state index is 13.6. The first-order chi connectivity index (χ1) is 17.6. The van der Waals surface area contributed by atoms with Crippen molar-refractivity contribution in [3.05, 3.63) is 53.6 Å². The molecule has 1 aliphatic heterocycles. The lowest BCUT2D eigenvalue weighted by Gasteiger charge is -2.39. The SMILES string of the molecule is CNC(=O)[C@](CSc1ccc(NC(C)=O)cc1)(Cc1ccc(NO)cc1CC(C)C)N1C(=O)CCC1=O. The maximum atomic E-state index is 13.6. The van der Waals surface area contributed by atoms with Gasteiger partial charge in [-0.25, -0.2) is 0 Å². The summed E-state index contributed by atoms with van der Waals surface area (Å²) in [5, 5.41) is 14.8. The van der Waals surface area contributed by atoms with Crippen LogP contribution >= 0.6 is 11.8 Å². The normalized spacial score (nSPS) is 15.0. The van der Waals surface area contributed by atoms with Gasteiger partial charge in [-0.15, -0.1) is 11.8 Å². The number of thioether (sulfide) groups is 1. The Balaban J connectivity index is 2.04. The predicted molar refractivity (Wildman–Crippen MR) is 143 cm³/mol. The average molecular weight is 527 g/mol. The second-order valence-electron chi connectivity index (χ2n) is 9.60. The number of carbonyl (C=O) groups is 4. The van der Waals surface area contributed by atoms with Crippen molar-refractivity contribution < 1.29 is 24.4 Å². The first-order valence-electron chi connectivity index (χ1n) is 12.2. The molecule has 9 nitrogen and oxygen atoms in total. The van der Waals surface area contributed by atoms with E-state index in [2.05, 4.69) is 30.0 Å². The van der Waals surface area contributed by atoms with Crippen molar-refractivity contribution in [2.24, 2.45) is 5.92 Å². The van der Waals surface area contributed by atoms with Gasteiger partial charge in [0.05, 0.1) is 5.69 Å². The van der Waals surface area contributed by atoms with Gasteiger partial charge in [-0.2, -0.15) is 0 Å². The maximum Gasteiger partial charge on any atom is 0.247 e. The second-order valence-corrected chi connectivity index (χ2v) is 10.6. The molecule has 1 heterocycles. The fraction of sp³-hybridized carbons (Fsp3) is 0.407. The number of nitrogens with zero attached hydrogens (tertiary/aromatic N) is 1. The summed E-state index contributed by atoms with van der Waals surface area (Å²) >= 11 is 1.36. The molecule has 1 aliphatic rings. The van der Waals surface area contributed by atoms with E-state index in [9.17, 15) is 24.4 Å². The van der Waals surface area contributed by atoms with Gasteiger partial charge in [0, 0.05) is 49.6 Å². The highest BCUT2D eigenvalue weighted by Crippen LogP contribution is 2.36. The van der Waals surface area contributed by atoms with Crippen molar-refractivity contribution in [1.29, 1.82) is 0 Å². The second kappa shape index (κ2) is 12.2. The summed E-state index contributed by atoms with van der Waals surface area (Å²) in [6.45, 7) is 5.58. The average Bonchev–Trinajstić information content (AvgIpc) is 3.20. The molecule has 2 aromatic carbocycles. The molecule has 4 amide bonds. The van der Waals surface area contributed by atoms with Crippen LogP contribution in [-0.2, 0) is 32.0 Å². The molecule has 3 rings (SSSR count). The highest BCUT2D eigenvalue weighted by molar-refractivity contribution is 7.99. The predicted octanol–water partition coefficient (Wildman–Crippen LogP) is 3.61. The quantitative estimate of drug-likeness (QED) is 0.200. The lowest BCUT2D eigenvalue weighted by molar-refractivity contribution is -0.152. The van der Waals surface area contributed by atoms with Crippen LogP contribution in [0, 0.1) is 5.92 Å². The topological polar surface area (TPSA) is 128 Å². The van der Waals surface area contributed by atoms with Crippen LogP contribution in [0.15, 0.2) is 47.4 Å². The fourth-order valence-corrected chi connectivity index (χ4v) is 5.68. The molecule has 0 spiro atoms. The Morgan fingerprint density at radius 2 is 1.65 bits per heavy atom. The first-order valence-corrected chi connectivity index (χ1v) is 13.2. The molecule has 2 aromatic rings. The molecular formula is C27H34N4O5S. The van der Waals surface area contributed by atoms with Gasteiger partial charge < -0.3 is 10.6 Å². The summed E-state index contributed by atoms with van der Waals surface area (Å²) < 4.78 is 0. The van der Waals surface area contributed by atoms with Gasteiger partial charge in [0.15, 0.2) is 0 Å². The molecule has 1 atom stereocenters. The number of amides is 4. The number of nitrogens with one attached hydrogen (secondary N) is 3. The zero-order valence-electron chi connectivity index (χ0n) is 21.6. The molecular weight excluding hydrogens is 492 g/mol.